The summed E-state index contributed by atoms with van der Waals surface area (Å²) in [5, 5.41) is 18.9. The maximum atomic E-state index is 12.6. The first kappa shape index (κ1) is 19.1. The van der Waals surface area contributed by atoms with E-state index in [4.69, 9.17) is 9.84 Å². The van der Waals surface area contributed by atoms with Gasteiger partial charge in [-0.1, -0.05) is 0 Å². The van der Waals surface area contributed by atoms with Crippen molar-refractivity contribution in [2.45, 2.75) is 51.9 Å². The van der Waals surface area contributed by atoms with E-state index in [-0.39, 0.29) is 24.5 Å². The van der Waals surface area contributed by atoms with E-state index in [1.165, 1.54) is 0 Å². The quantitative estimate of drug-likeness (QED) is 0.785. The average Bonchev–Trinajstić information content (AvgIpc) is 2.97. The summed E-state index contributed by atoms with van der Waals surface area (Å²) in [5.74, 6) is 0.772. The molecule has 0 saturated carbocycles. The third kappa shape index (κ3) is 3.70. The van der Waals surface area contributed by atoms with E-state index in [0.29, 0.717) is 24.5 Å². The van der Waals surface area contributed by atoms with Gasteiger partial charge in [-0.3, -0.25) is 9.69 Å². The lowest BCUT2D eigenvalue weighted by molar-refractivity contribution is 0.0171. The topological polar surface area (TPSA) is 86.1 Å². The van der Waals surface area contributed by atoms with Crippen LogP contribution in [0.2, 0.25) is 0 Å². The van der Waals surface area contributed by atoms with Crippen LogP contribution in [0.4, 0.5) is 0 Å². The number of methoxy groups -OCH3 is 1. The Morgan fingerprint density at radius 3 is 2.62 bits per heavy atom. The summed E-state index contributed by atoms with van der Waals surface area (Å²) in [5.41, 5.74) is 2.39. The lowest BCUT2D eigenvalue weighted by Crippen LogP contribution is -2.38. The highest BCUT2D eigenvalue weighted by molar-refractivity contribution is 5.98. The van der Waals surface area contributed by atoms with Crippen LogP contribution < -0.4 is 4.74 Å². The number of pyridine rings is 1. The normalized spacial score (nSPS) is 19.9. The molecule has 3 heterocycles. The Morgan fingerprint density at radius 1 is 1.35 bits per heavy atom. The van der Waals surface area contributed by atoms with Gasteiger partial charge in [0.2, 0.25) is 5.88 Å². The van der Waals surface area contributed by atoms with E-state index in [0.717, 1.165) is 37.2 Å². The van der Waals surface area contributed by atoms with Gasteiger partial charge in [0.05, 0.1) is 37.6 Å². The molecule has 1 unspecified atom stereocenters. The van der Waals surface area contributed by atoms with Crippen molar-refractivity contribution in [3.63, 3.8) is 0 Å². The van der Waals surface area contributed by atoms with Crippen LogP contribution in [0, 0.1) is 5.92 Å². The van der Waals surface area contributed by atoms with Crippen LogP contribution in [0.15, 0.2) is 6.07 Å². The summed E-state index contributed by atoms with van der Waals surface area (Å²) in [4.78, 5) is 21.3. The molecule has 1 saturated heterocycles. The standard InChI is InChI=1S/C19H29N3O4/c1-12(2)22-10-16-15(19(22)25)8-14(18(20-16)26-3)9-21-6-4-13(5-7-21)17(24)11-23/h8,12-13,17,23-24H,4-7,9-11H2,1-3H3. The van der Waals surface area contributed by atoms with Crippen molar-refractivity contribution in [3.8, 4) is 5.88 Å². The Hall–Kier alpha value is -1.70. The lowest BCUT2D eigenvalue weighted by Gasteiger charge is -2.33. The molecule has 7 nitrogen and oxygen atoms in total. The summed E-state index contributed by atoms with van der Waals surface area (Å²) in [7, 11) is 1.61. The zero-order chi connectivity index (χ0) is 18.8. The molecule has 2 aliphatic heterocycles. The Morgan fingerprint density at radius 2 is 2.04 bits per heavy atom. The molecular weight excluding hydrogens is 334 g/mol. The third-order valence-corrected chi connectivity index (χ3v) is 5.53. The zero-order valence-electron chi connectivity index (χ0n) is 15.8. The van der Waals surface area contributed by atoms with Gasteiger partial charge in [0.25, 0.3) is 5.91 Å². The number of amides is 1. The second-order valence-electron chi connectivity index (χ2n) is 7.54. The SMILES string of the molecule is COc1nc2c(cc1CN1CCC(C(O)CO)CC1)C(=O)N(C(C)C)C2. The number of aliphatic hydroxyl groups excluding tert-OH is 2. The third-order valence-electron chi connectivity index (χ3n) is 5.53. The molecule has 0 radical (unpaired) electrons. The number of ether oxygens (including phenoxy) is 1. The van der Waals surface area contributed by atoms with E-state index in [1.807, 2.05) is 24.8 Å². The van der Waals surface area contributed by atoms with Crippen LogP contribution in [0.1, 0.15) is 48.3 Å². The number of hydrogen-bond donors (Lipinski definition) is 2. The largest absolute Gasteiger partial charge is 0.481 e. The van der Waals surface area contributed by atoms with Crippen LogP contribution in [-0.2, 0) is 13.1 Å². The van der Waals surface area contributed by atoms with Gasteiger partial charge >= 0.3 is 0 Å². The molecule has 0 spiro atoms. The highest BCUT2D eigenvalue weighted by atomic mass is 16.5. The second-order valence-corrected chi connectivity index (χ2v) is 7.54. The molecule has 26 heavy (non-hydrogen) atoms. The number of nitrogens with zero attached hydrogens (tertiary/aromatic N) is 3. The van der Waals surface area contributed by atoms with Gasteiger partial charge in [-0.25, -0.2) is 4.98 Å². The molecule has 2 aliphatic rings. The molecule has 1 fully saturated rings. The Labute approximate surface area is 154 Å². The van der Waals surface area contributed by atoms with Gasteiger partial charge < -0.3 is 19.8 Å². The van der Waals surface area contributed by atoms with Crippen LogP contribution in [0.25, 0.3) is 0 Å². The monoisotopic (exact) mass is 363 g/mol. The molecule has 1 aromatic heterocycles. The number of aromatic nitrogens is 1. The number of carbonyl (C=O) groups is 1. The van der Waals surface area contributed by atoms with Crippen molar-refractivity contribution in [1.29, 1.82) is 0 Å². The molecule has 2 N–H and O–H groups in total. The number of fused-ring (bicyclic) bond motifs is 1. The molecule has 0 bridgehead atoms. The summed E-state index contributed by atoms with van der Waals surface area (Å²) >= 11 is 0. The van der Waals surface area contributed by atoms with Crippen molar-refractivity contribution in [2.75, 3.05) is 26.8 Å². The summed E-state index contributed by atoms with van der Waals surface area (Å²) in [6.45, 7) is 6.72. The number of carbonyl (C=O) groups excluding carboxylic acids is 1. The Bertz CT molecular complexity index is 656. The predicted molar refractivity (Wildman–Crippen MR) is 96.9 cm³/mol. The Kier molecular flexibility index (Phi) is 5.79. The molecule has 7 heteroatoms. The smallest absolute Gasteiger partial charge is 0.256 e. The van der Waals surface area contributed by atoms with E-state index < -0.39 is 6.10 Å². The van der Waals surface area contributed by atoms with Gasteiger partial charge in [0.15, 0.2) is 0 Å². The van der Waals surface area contributed by atoms with Crippen molar-refractivity contribution < 1.29 is 19.7 Å². The first-order chi connectivity index (χ1) is 12.4. The number of hydrogen-bond acceptors (Lipinski definition) is 6. The minimum absolute atomic E-state index is 0.0381. The minimum Gasteiger partial charge on any atom is -0.481 e. The number of likely N-dealkylation sites (tertiary alicyclic amines) is 1. The summed E-state index contributed by atoms with van der Waals surface area (Å²) in [6.07, 6.45) is 1.07. The zero-order valence-corrected chi connectivity index (χ0v) is 15.8. The summed E-state index contributed by atoms with van der Waals surface area (Å²) in [6, 6.07) is 2.07. The van der Waals surface area contributed by atoms with Gasteiger partial charge in [-0.2, -0.15) is 0 Å². The second kappa shape index (κ2) is 7.90. The van der Waals surface area contributed by atoms with Gasteiger partial charge in [-0.05, 0) is 51.8 Å². The molecule has 0 aromatic carbocycles. The van der Waals surface area contributed by atoms with Gasteiger partial charge in [0.1, 0.15) is 0 Å². The predicted octanol–water partition coefficient (Wildman–Crippen LogP) is 1.02. The highest BCUT2D eigenvalue weighted by Crippen LogP contribution is 2.30. The fourth-order valence-corrected chi connectivity index (χ4v) is 3.86. The van der Waals surface area contributed by atoms with E-state index in [2.05, 4.69) is 9.88 Å². The average molecular weight is 363 g/mol. The van der Waals surface area contributed by atoms with Crippen molar-refractivity contribution in [3.05, 3.63) is 22.9 Å². The van der Waals surface area contributed by atoms with Crippen LogP contribution in [0.5, 0.6) is 5.88 Å². The van der Waals surface area contributed by atoms with Crippen molar-refractivity contribution in [2.24, 2.45) is 5.92 Å². The molecule has 1 atom stereocenters. The summed E-state index contributed by atoms with van der Waals surface area (Å²) < 4.78 is 5.48. The molecule has 3 rings (SSSR count). The number of rotatable bonds is 6. The number of aliphatic hydroxyl groups is 2. The van der Waals surface area contributed by atoms with Gasteiger partial charge in [-0.15, -0.1) is 0 Å². The maximum Gasteiger partial charge on any atom is 0.256 e. The fraction of sp³-hybridized carbons (Fsp3) is 0.684. The molecule has 1 aromatic rings. The van der Waals surface area contributed by atoms with E-state index >= 15 is 0 Å². The minimum atomic E-state index is -0.631. The first-order valence-electron chi connectivity index (χ1n) is 9.33. The molecular formula is C19H29N3O4. The fourth-order valence-electron chi connectivity index (χ4n) is 3.86. The Balaban J connectivity index is 1.73. The molecule has 144 valence electrons. The maximum absolute atomic E-state index is 12.6. The molecule has 0 aliphatic carbocycles. The van der Waals surface area contributed by atoms with Crippen LogP contribution in [0.3, 0.4) is 0 Å². The van der Waals surface area contributed by atoms with Gasteiger partial charge in [0, 0.05) is 18.2 Å². The number of piperidine rings is 1. The van der Waals surface area contributed by atoms with Crippen LogP contribution >= 0.6 is 0 Å². The van der Waals surface area contributed by atoms with Crippen molar-refractivity contribution >= 4 is 5.91 Å². The molecule has 1 amide bonds. The van der Waals surface area contributed by atoms with Crippen LogP contribution in [-0.4, -0.2) is 69.9 Å². The van der Waals surface area contributed by atoms with Crippen molar-refractivity contribution in [1.82, 2.24) is 14.8 Å². The van der Waals surface area contributed by atoms with E-state index in [9.17, 15) is 9.90 Å². The first-order valence-corrected chi connectivity index (χ1v) is 9.33. The highest BCUT2D eigenvalue weighted by Gasteiger charge is 2.32. The lowest BCUT2D eigenvalue weighted by atomic mass is 9.91. The van der Waals surface area contributed by atoms with E-state index in [1.54, 1.807) is 7.11 Å².